The van der Waals surface area contributed by atoms with Gasteiger partial charge in [-0.1, -0.05) is 352 Å². The van der Waals surface area contributed by atoms with Crippen molar-refractivity contribution in [1.29, 1.82) is 0 Å². The van der Waals surface area contributed by atoms with Crippen LogP contribution in [0.1, 0.15) is 0 Å². The monoisotopic (exact) mass is 1510 g/mol. The highest BCUT2D eigenvalue weighted by atomic mass is 32.1. The van der Waals surface area contributed by atoms with Crippen LogP contribution in [0.4, 0.5) is 0 Å². The zero-order valence-electron chi connectivity index (χ0n) is 62.6. The van der Waals surface area contributed by atoms with Gasteiger partial charge < -0.3 is 0 Å². The number of hydrogen-bond donors (Lipinski definition) is 0. The van der Waals surface area contributed by atoms with E-state index in [9.17, 15) is 0 Å². The average Bonchev–Trinajstić information content (AvgIpc) is 1.48. The number of aromatic nitrogens is 6. The molecule has 6 nitrogen and oxygen atoms in total. The van der Waals surface area contributed by atoms with Crippen LogP contribution in [0.15, 0.2) is 400 Å². The summed E-state index contributed by atoms with van der Waals surface area (Å²) in [7, 11) is 0. The third kappa shape index (κ3) is 12.3. The van der Waals surface area contributed by atoms with Gasteiger partial charge in [0.2, 0.25) is 0 Å². The van der Waals surface area contributed by atoms with Crippen LogP contribution in [-0.2, 0) is 0 Å². The molecule has 0 radical (unpaired) electrons. The molecule has 116 heavy (non-hydrogen) atoms. The largest absolute Gasteiger partial charge is 0.247 e. The van der Waals surface area contributed by atoms with E-state index in [1.807, 2.05) is 83.3 Å². The molecule has 8 heteroatoms. The maximum atomic E-state index is 5.54. The molecule has 0 fully saturated rings. The normalized spacial score (nSPS) is 11.6. The smallest absolute Gasteiger partial charge is 0.160 e. The van der Waals surface area contributed by atoms with E-state index in [-0.39, 0.29) is 0 Å². The van der Waals surface area contributed by atoms with Crippen LogP contribution < -0.4 is 0 Å². The van der Waals surface area contributed by atoms with Gasteiger partial charge in [0.15, 0.2) is 11.6 Å². The summed E-state index contributed by atoms with van der Waals surface area (Å²) < 4.78 is 5.03. The van der Waals surface area contributed by atoms with Crippen LogP contribution >= 0.6 is 22.7 Å². The third-order valence-corrected chi connectivity index (χ3v) is 25.0. The molecule has 0 saturated heterocycles. The summed E-state index contributed by atoms with van der Waals surface area (Å²) in [6, 6.07) is 142. The highest BCUT2D eigenvalue weighted by Crippen LogP contribution is 2.48. The Morgan fingerprint density at radius 3 is 0.853 bits per heavy atom. The lowest BCUT2D eigenvalue weighted by atomic mass is 9.92. The molecule has 6 heterocycles. The summed E-state index contributed by atoms with van der Waals surface area (Å²) in [5.74, 6) is 1.40. The summed E-state index contributed by atoms with van der Waals surface area (Å²) in [5, 5.41) is 17.2. The van der Waals surface area contributed by atoms with E-state index in [1.165, 1.54) is 116 Å². The SMILES string of the molecule is c1ccc(-c2cc(-c3ccc(-c4nc5cc(-c6cc7ccccc7c7ccccc67)ccc5c5sc6ccccc6c45)cc3)nc(-c3ccccc3)n2)cc1.c1ccc(-c2ccc(-c3cc(-c4ccc(-c5nc6cc(-c7cc8ccccc8c8ccccc78)ccc6c6sc7ccccc7c56)cc4)nc(-c4ccccc4)n3)cc2)cc1. The predicted molar refractivity (Wildman–Crippen MR) is 490 cm³/mol. The molecule has 0 bridgehead atoms. The Morgan fingerprint density at radius 1 is 0.172 bits per heavy atom. The van der Waals surface area contributed by atoms with E-state index < -0.39 is 0 Å². The second kappa shape index (κ2) is 28.7. The van der Waals surface area contributed by atoms with Gasteiger partial charge in [-0.05, 0) is 125 Å². The van der Waals surface area contributed by atoms with Crippen molar-refractivity contribution in [2.45, 2.75) is 0 Å². The van der Waals surface area contributed by atoms with Crippen molar-refractivity contribution < 1.29 is 0 Å². The molecule has 0 N–H and O–H groups in total. The van der Waals surface area contributed by atoms with E-state index in [0.29, 0.717) is 11.6 Å². The molecule has 0 aliphatic carbocycles. The van der Waals surface area contributed by atoms with Crippen LogP contribution in [0.3, 0.4) is 0 Å². The van der Waals surface area contributed by atoms with Crippen molar-refractivity contribution in [2.24, 2.45) is 0 Å². The Hall–Kier alpha value is -14.8. The van der Waals surface area contributed by atoms with E-state index in [2.05, 4.69) is 340 Å². The number of nitrogens with zero attached hydrogens (tertiary/aromatic N) is 6. The zero-order valence-corrected chi connectivity index (χ0v) is 64.2. The van der Waals surface area contributed by atoms with Crippen molar-refractivity contribution in [1.82, 2.24) is 29.9 Å². The molecule has 17 aromatic carbocycles. The Kier molecular flexibility index (Phi) is 16.9. The predicted octanol–water partition coefficient (Wildman–Crippen LogP) is 29.7. The summed E-state index contributed by atoms with van der Waals surface area (Å²) in [6.45, 7) is 0. The highest BCUT2D eigenvalue weighted by molar-refractivity contribution is 7.27. The second-order valence-electron chi connectivity index (χ2n) is 29.5. The van der Waals surface area contributed by atoms with Gasteiger partial charge in [0.1, 0.15) is 0 Å². The molecule has 6 aromatic heterocycles. The van der Waals surface area contributed by atoms with Gasteiger partial charge in [-0.25, -0.2) is 29.9 Å². The summed E-state index contributed by atoms with van der Waals surface area (Å²) in [6.07, 6.45) is 0. The summed E-state index contributed by atoms with van der Waals surface area (Å²) in [5.41, 5.74) is 22.8. The van der Waals surface area contributed by atoms with Gasteiger partial charge in [0.25, 0.3) is 0 Å². The summed E-state index contributed by atoms with van der Waals surface area (Å²) >= 11 is 3.70. The first-order valence-electron chi connectivity index (χ1n) is 39.1. The van der Waals surface area contributed by atoms with Gasteiger partial charge in [-0.3, -0.25) is 0 Å². The van der Waals surface area contributed by atoms with Gasteiger partial charge in [0, 0.05) is 95.6 Å². The molecule has 0 saturated carbocycles. The molecule has 540 valence electrons. The van der Waals surface area contributed by atoms with E-state index in [1.54, 1.807) is 0 Å². The molecule has 0 amide bonds. The lowest BCUT2D eigenvalue weighted by molar-refractivity contribution is 1.18. The minimum atomic E-state index is 0.696. The van der Waals surface area contributed by atoms with Crippen molar-refractivity contribution in [2.75, 3.05) is 0 Å². The maximum absolute atomic E-state index is 5.54. The highest BCUT2D eigenvalue weighted by Gasteiger charge is 2.23. The van der Waals surface area contributed by atoms with Crippen LogP contribution in [0.25, 0.3) is 229 Å². The number of pyridine rings is 2. The fraction of sp³-hybridized carbons (Fsp3) is 0. The molecule has 0 unspecified atom stereocenters. The van der Waals surface area contributed by atoms with Crippen molar-refractivity contribution >= 4 is 128 Å². The quantitative estimate of drug-likeness (QED) is 0.120. The Morgan fingerprint density at radius 2 is 0.457 bits per heavy atom. The molecule has 0 aliphatic heterocycles. The van der Waals surface area contributed by atoms with Crippen molar-refractivity contribution in [3.05, 3.63) is 400 Å². The number of benzene rings is 17. The first kappa shape index (κ1) is 68.0. The van der Waals surface area contributed by atoms with E-state index in [0.717, 1.165) is 101 Å². The van der Waals surface area contributed by atoms with Gasteiger partial charge in [0.05, 0.1) is 45.2 Å². The second-order valence-corrected chi connectivity index (χ2v) is 31.6. The molecular weight excluding hydrogens is 1450 g/mol. The standard InChI is InChI=1S/C57H35N3S.C51H31N3S/c1-3-13-36(14-4-1)37-23-25-38(26-24-37)50-35-51(60-57(59-50)41-15-5-2-6-16-41)39-27-29-40(30-28-39)55-54-48-21-11-12-22-53(48)61-56(54)47-32-31-43(34-52(47)58-55)49-33-42-17-7-8-18-44(42)45-19-9-10-20-46(45)49;1-3-13-32(14-4-1)44-31-45(54-51(53-44)35-15-5-2-6-16-35)33-23-25-34(26-24-33)49-48-42-21-11-12-22-47(42)55-50(48)41-28-27-37(30-46(41)52-49)43-29-36-17-7-8-18-38(36)39-19-9-10-20-40(39)43/h1-35H;1-31H. The maximum Gasteiger partial charge on any atom is 0.160 e. The number of rotatable bonds is 11. The van der Waals surface area contributed by atoms with Gasteiger partial charge in [-0.15, -0.1) is 22.7 Å². The van der Waals surface area contributed by atoms with Crippen LogP contribution in [0.5, 0.6) is 0 Å². The number of thiophene rings is 2. The Labute approximate surface area is 677 Å². The Bertz CT molecular complexity index is 7720. The minimum absolute atomic E-state index is 0.696. The van der Waals surface area contributed by atoms with Gasteiger partial charge in [-0.2, -0.15) is 0 Å². The third-order valence-electron chi connectivity index (χ3n) is 22.6. The number of hydrogen-bond acceptors (Lipinski definition) is 8. The lowest BCUT2D eigenvalue weighted by Crippen LogP contribution is -1.96. The van der Waals surface area contributed by atoms with Gasteiger partial charge >= 0.3 is 0 Å². The fourth-order valence-electron chi connectivity index (χ4n) is 16.9. The van der Waals surface area contributed by atoms with Crippen LogP contribution in [0, 0.1) is 0 Å². The van der Waals surface area contributed by atoms with Crippen LogP contribution in [0.2, 0.25) is 0 Å². The topological polar surface area (TPSA) is 77.3 Å². The first-order chi connectivity index (χ1) is 57.5. The van der Waals surface area contributed by atoms with E-state index >= 15 is 0 Å². The summed E-state index contributed by atoms with van der Waals surface area (Å²) in [4.78, 5) is 31.4. The molecule has 0 aliphatic rings. The number of fused-ring (bicyclic) bond motifs is 16. The van der Waals surface area contributed by atoms with Crippen molar-refractivity contribution in [3.8, 4) is 124 Å². The van der Waals surface area contributed by atoms with Crippen molar-refractivity contribution in [3.63, 3.8) is 0 Å². The Balaban J connectivity index is 0.000000141. The molecular formula is C108H66N6S2. The fourth-order valence-corrected chi connectivity index (χ4v) is 19.3. The average molecular weight is 1510 g/mol. The minimum Gasteiger partial charge on any atom is -0.247 e. The molecule has 0 spiro atoms. The molecule has 0 atom stereocenters. The zero-order chi connectivity index (χ0) is 76.6. The van der Waals surface area contributed by atoms with E-state index in [4.69, 9.17) is 29.9 Å². The molecule has 23 rings (SSSR count). The molecule has 23 aromatic rings. The van der Waals surface area contributed by atoms with Crippen LogP contribution in [-0.4, -0.2) is 29.9 Å². The lowest BCUT2D eigenvalue weighted by Gasteiger charge is -2.13. The first-order valence-corrected chi connectivity index (χ1v) is 40.7.